The minimum Gasteiger partial charge on any atom is -0.462 e. The first kappa shape index (κ1) is 31.2. The van der Waals surface area contributed by atoms with Crippen molar-refractivity contribution in [2.45, 2.75) is 129 Å². The van der Waals surface area contributed by atoms with E-state index in [2.05, 4.69) is 13.8 Å². The summed E-state index contributed by atoms with van der Waals surface area (Å²) >= 11 is 0. The van der Waals surface area contributed by atoms with Gasteiger partial charge in [0.25, 0.3) is 0 Å². The molecule has 254 valence electrons. The lowest BCUT2D eigenvalue weighted by atomic mass is 9.42. The minimum absolute atomic E-state index is 0.0919. The second-order valence-corrected chi connectivity index (χ2v) is 17.2. The smallest absolute Gasteiger partial charge is 0.341 e. The number of carbonyl (C=O) groups is 4. The fourth-order valence-corrected chi connectivity index (χ4v) is 12.8. The zero-order valence-electron chi connectivity index (χ0n) is 28.0. The Morgan fingerprint density at radius 3 is 2.33 bits per heavy atom. The molecule has 0 bridgehead atoms. The first-order valence-electron chi connectivity index (χ1n) is 17.2. The number of fused-ring (bicyclic) bond motifs is 9. The molecule has 3 saturated heterocycles. The highest BCUT2D eigenvalue weighted by Gasteiger charge is 2.91. The van der Waals surface area contributed by atoms with Gasteiger partial charge in [-0.1, -0.05) is 34.6 Å². The van der Waals surface area contributed by atoms with Gasteiger partial charge >= 0.3 is 17.9 Å². The van der Waals surface area contributed by atoms with Crippen LogP contribution in [0.4, 0.5) is 0 Å². The molecule has 0 amide bonds. The standard InChI is InChI=1S/C35H48O11/c1-13(2)9-22(37)44-29-27-20(43-27)11-19-25(38)26(39)23-16-10-18-24(32(16,6)21(42-15(4)36)12-17(23)31(19,29)5)14(3)28-35(45-28)33(18,7)34(8,41)30(40)46-35/h13-14,16-21,23-24,26-29,39,41H,9-12H2,1-8H3/t14-,16-,17?,18+,19+,20-,21-,23?,24-,26+,27-,28+,29-,31+,32+,33-,34+,35-/m0/s1. The van der Waals surface area contributed by atoms with Crippen LogP contribution in [0.15, 0.2) is 0 Å². The van der Waals surface area contributed by atoms with Crippen molar-refractivity contribution in [1.29, 1.82) is 0 Å². The van der Waals surface area contributed by atoms with E-state index in [9.17, 15) is 29.4 Å². The van der Waals surface area contributed by atoms with Gasteiger partial charge in [0.05, 0.1) is 11.5 Å². The maximum Gasteiger partial charge on any atom is 0.341 e. The van der Waals surface area contributed by atoms with E-state index in [-0.39, 0.29) is 65.9 Å². The normalized spacial score (nSPS) is 58.7. The summed E-state index contributed by atoms with van der Waals surface area (Å²) in [4.78, 5) is 53.5. The summed E-state index contributed by atoms with van der Waals surface area (Å²) in [5, 5.41) is 23.8. The van der Waals surface area contributed by atoms with Gasteiger partial charge in [-0.05, 0) is 74.5 Å². The van der Waals surface area contributed by atoms with Crippen LogP contribution in [-0.4, -0.2) is 81.9 Å². The molecule has 0 radical (unpaired) electrons. The molecule has 5 saturated carbocycles. The van der Waals surface area contributed by atoms with Crippen molar-refractivity contribution in [2.24, 2.45) is 63.6 Å². The van der Waals surface area contributed by atoms with Crippen molar-refractivity contribution in [3.8, 4) is 0 Å². The van der Waals surface area contributed by atoms with Gasteiger partial charge in [-0.2, -0.15) is 0 Å². The molecule has 1 spiro atoms. The van der Waals surface area contributed by atoms with Crippen LogP contribution in [0.3, 0.4) is 0 Å². The highest BCUT2D eigenvalue weighted by atomic mass is 16.8. The molecule has 18 atom stereocenters. The molecule has 11 nitrogen and oxygen atoms in total. The predicted octanol–water partition coefficient (Wildman–Crippen LogP) is 2.57. The Hall–Kier alpha value is -2.08. The molecule has 0 aromatic carbocycles. The minimum atomic E-state index is -1.83. The van der Waals surface area contributed by atoms with Crippen LogP contribution >= 0.6 is 0 Å². The maximum atomic E-state index is 14.3. The summed E-state index contributed by atoms with van der Waals surface area (Å²) in [6.07, 6.45) is -1.98. The number of Topliss-reactive ketones (excluding diaryl/α,β-unsaturated/α-hetero) is 1. The summed E-state index contributed by atoms with van der Waals surface area (Å²) in [5.41, 5.74) is -4.53. The molecule has 8 aliphatic rings. The second kappa shape index (κ2) is 9.12. The van der Waals surface area contributed by atoms with Gasteiger partial charge < -0.3 is 33.9 Å². The summed E-state index contributed by atoms with van der Waals surface area (Å²) in [6.45, 7) is 14.8. The van der Waals surface area contributed by atoms with Gasteiger partial charge in [0, 0.05) is 30.1 Å². The SMILES string of the molecule is CC(=O)O[C@H]1CC2C([C@@H](O)C(=O)[C@H]3C[C@@H]4O[C@@H]4[C@H](OC(=O)CC(C)C)[C@]23C)[C@@H]2C[C@@H]3[C@H]([C@H](C)[C@H]4O[C@]45OC(=O)[C@@](C)(O)[C@]35C)[C@@]12C. The molecular formula is C35H48O11. The molecule has 3 aliphatic heterocycles. The van der Waals surface area contributed by atoms with Crippen molar-refractivity contribution in [3.05, 3.63) is 0 Å². The van der Waals surface area contributed by atoms with Crippen LogP contribution < -0.4 is 0 Å². The van der Waals surface area contributed by atoms with Gasteiger partial charge in [0.1, 0.15) is 30.5 Å². The molecule has 3 heterocycles. The lowest BCUT2D eigenvalue weighted by Crippen LogP contribution is -2.69. The van der Waals surface area contributed by atoms with Crippen molar-refractivity contribution < 1.29 is 53.1 Å². The van der Waals surface area contributed by atoms with Crippen LogP contribution in [0, 0.1) is 63.6 Å². The van der Waals surface area contributed by atoms with Crippen molar-refractivity contribution in [3.63, 3.8) is 0 Å². The number of rotatable bonds is 4. The van der Waals surface area contributed by atoms with E-state index in [0.717, 1.165) is 0 Å². The molecule has 8 fully saturated rings. The van der Waals surface area contributed by atoms with Gasteiger partial charge in [0.15, 0.2) is 11.4 Å². The zero-order valence-corrected chi connectivity index (χ0v) is 28.0. The average Bonchev–Trinajstić information content (AvgIpc) is 3.85. The van der Waals surface area contributed by atoms with E-state index < -0.39 is 75.8 Å². The number of hydrogen-bond acceptors (Lipinski definition) is 11. The third kappa shape index (κ3) is 3.39. The summed E-state index contributed by atoms with van der Waals surface area (Å²) in [5.74, 6) is -5.23. The number of carbonyl (C=O) groups excluding carboxylic acids is 4. The number of aliphatic hydroxyl groups is 2. The van der Waals surface area contributed by atoms with Crippen LogP contribution in [-0.2, 0) is 42.9 Å². The van der Waals surface area contributed by atoms with E-state index >= 15 is 0 Å². The van der Waals surface area contributed by atoms with Crippen molar-refractivity contribution in [1.82, 2.24) is 0 Å². The molecule has 8 rings (SSSR count). The third-order valence-corrected chi connectivity index (χ3v) is 15.0. The average molecular weight is 645 g/mol. The summed E-state index contributed by atoms with van der Waals surface area (Å²) < 4.78 is 30.6. The fraction of sp³-hybridized carbons (Fsp3) is 0.886. The molecule has 0 aromatic heterocycles. The van der Waals surface area contributed by atoms with Gasteiger partial charge in [0.2, 0.25) is 5.79 Å². The van der Waals surface area contributed by atoms with Gasteiger partial charge in [-0.15, -0.1) is 0 Å². The Morgan fingerprint density at radius 1 is 1.00 bits per heavy atom. The Labute approximate surface area is 269 Å². The van der Waals surface area contributed by atoms with E-state index in [1.807, 2.05) is 27.7 Å². The summed E-state index contributed by atoms with van der Waals surface area (Å²) in [7, 11) is 0. The Balaban J connectivity index is 1.26. The first-order valence-corrected chi connectivity index (χ1v) is 17.2. The molecule has 5 aliphatic carbocycles. The number of esters is 3. The van der Waals surface area contributed by atoms with Gasteiger partial charge in [-0.25, -0.2) is 4.79 Å². The molecule has 2 unspecified atom stereocenters. The van der Waals surface area contributed by atoms with Crippen LogP contribution in [0.1, 0.15) is 81.1 Å². The Bertz CT molecular complexity index is 1420. The molecule has 46 heavy (non-hydrogen) atoms. The van der Waals surface area contributed by atoms with E-state index in [0.29, 0.717) is 19.3 Å². The quantitative estimate of drug-likeness (QED) is 0.263. The second-order valence-electron chi connectivity index (χ2n) is 17.2. The van der Waals surface area contributed by atoms with Crippen molar-refractivity contribution >= 4 is 23.7 Å². The number of ketones is 1. The van der Waals surface area contributed by atoms with E-state index in [1.54, 1.807) is 0 Å². The Kier molecular flexibility index (Phi) is 6.19. The molecular weight excluding hydrogens is 596 g/mol. The fourth-order valence-electron chi connectivity index (χ4n) is 12.8. The highest BCUT2D eigenvalue weighted by Crippen LogP contribution is 2.80. The highest BCUT2D eigenvalue weighted by molar-refractivity contribution is 5.88. The lowest BCUT2D eigenvalue weighted by Gasteiger charge is -2.63. The molecule has 2 N–H and O–H groups in total. The largest absolute Gasteiger partial charge is 0.462 e. The molecule has 11 heteroatoms. The first-order chi connectivity index (χ1) is 21.4. The number of epoxide rings is 2. The van der Waals surface area contributed by atoms with Crippen LogP contribution in [0.5, 0.6) is 0 Å². The van der Waals surface area contributed by atoms with E-state index in [4.69, 9.17) is 23.7 Å². The number of aliphatic hydroxyl groups excluding tert-OH is 1. The van der Waals surface area contributed by atoms with Crippen molar-refractivity contribution in [2.75, 3.05) is 0 Å². The summed E-state index contributed by atoms with van der Waals surface area (Å²) in [6, 6.07) is 0. The van der Waals surface area contributed by atoms with Gasteiger partial charge in [-0.3, -0.25) is 14.4 Å². The molecule has 0 aromatic rings. The van der Waals surface area contributed by atoms with Crippen LogP contribution in [0.2, 0.25) is 0 Å². The third-order valence-electron chi connectivity index (χ3n) is 15.0. The zero-order chi connectivity index (χ0) is 33.3. The Morgan fingerprint density at radius 2 is 1.67 bits per heavy atom. The van der Waals surface area contributed by atoms with E-state index in [1.165, 1.54) is 13.8 Å². The predicted molar refractivity (Wildman–Crippen MR) is 157 cm³/mol. The maximum absolute atomic E-state index is 14.3. The number of hydrogen-bond donors (Lipinski definition) is 2. The van der Waals surface area contributed by atoms with Crippen LogP contribution in [0.25, 0.3) is 0 Å². The monoisotopic (exact) mass is 644 g/mol. The number of ether oxygens (including phenoxy) is 5. The topological polar surface area (TPSA) is 161 Å². The lowest BCUT2D eigenvalue weighted by molar-refractivity contribution is -0.230.